The Labute approximate surface area is 87.1 Å². The van der Waals surface area contributed by atoms with Gasteiger partial charge in [0.05, 0.1) is 0 Å². The van der Waals surface area contributed by atoms with E-state index >= 15 is 0 Å². The number of hydrogen-bond acceptors (Lipinski definition) is 2. The summed E-state index contributed by atoms with van der Waals surface area (Å²) in [5.74, 6) is 0.572. The number of rotatable bonds is 3. The van der Waals surface area contributed by atoms with Crippen LogP contribution in [0.4, 0.5) is 0 Å². The third kappa shape index (κ3) is 2.71. The second kappa shape index (κ2) is 5.13. The number of nitrogens with one attached hydrogen (secondary N) is 1. The van der Waals surface area contributed by atoms with Crippen molar-refractivity contribution >= 4 is 0 Å². The van der Waals surface area contributed by atoms with Crippen molar-refractivity contribution < 1.29 is 5.11 Å². The van der Waals surface area contributed by atoms with Crippen molar-refractivity contribution in [2.24, 2.45) is 5.92 Å². The van der Waals surface area contributed by atoms with Crippen LogP contribution in [0.25, 0.3) is 0 Å². The minimum absolute atomic E-state index is 0.392. The van der Waals surface area contributed by atoms with Crippen LogP contribution >= 0.6 is 0 Å². The molecule has 2 N–H and O–H groups in total. The molecule has 2 rings (SSSR count). The maximum atomic E-state index is 9.14. The van der Waals surface area contributed by atoms with E-state index in [0.717, 1.165) is 6.04 Å². The molecule has 14 heavy (non-hydrogen) atoms. The zero-order valence-corrected chi connectivity index (χ0v) is 9.04. The van der Waals surface area contributed by atoms with Crippen molar-refractivity contribution in [2.45, 2.75) is 63.5 Å². The van der Waals surface area contributed by atoms with Crippen LogP contribution < -0.4 is 5.32 Å². The van der Waals surface area contributed by atoms with E-state index in [-0.39, 0.29) is 0 Å². The van der Waals surface area contributed by atoms with Gasteiger partial charge in [-0.1, -0.05) is 19.3 Å². The normalized spacial score (nSPS) is 34.9. The lowest BCUT2D eigenvalue weighted by atomic mass is 9.86. The van der Waals surface area contributed by atoms with Crippen LogP contribution in [0.15, 0.2) is 0 Å². The molecule has 2 fully saturated rings. The van der Waals surface area contributed by atoms with Gasteiger partial charge in [-0.2, -0.15) is 0 Å². The average Bonchev–Trinajstić information content (AvgIpc) is 2.71. The number of aliphatic hydroxyl groups is 1. The van der Waals surface area contributed by atoms with Crippen molar-refractivity contribution in [3.63, 3.8) is 0 Å². The maximum Gasteiger partial charge on any atom is 0.0459 e. The summed E-state index contributed by atoms with van der Waals surface area (Å²) in [6.07, 6.45) is 10.6. The summed E-state index contributed by atoms with van der Waals surface area (Å²) < 4.78 is 0. The van der Waals surface area contributed by atoms with E-state index in [1.165, 1.54) is 51.4 Å². The van der Waals surface area contributed by atoms with Crippen LogP contribution in [0.2, 0.25) is 0 Å². The Morgan fingerprint density at radius 3 is 2.36 bits per heavy atom. The lowest BCUT2D eigenvalue weighted by Gasteiger charge is -2.30. The fourth-order valence-corrected chi connectivity index (χ4v) is 3.03. The summed E-state index contributed by atoms with van der Waals surface area (Å²) in [5.41, 5.74) is 0. The molecule has 2 heteroatoms. The molecule has 2 atom stereocenters. The molecular formula is C12H23NO. The van der Waals surface area contributed by atoms with Gasteiger partial charge in [0.25, 0.3) is 0 Å². The van der Waals surface area contributed by atoms with Gasteiger partial charge in [-0.15, -0.1) is 0 Å². The zero-order chi connectivity index (χ0) is 9.80. The Kier molecular flexibility index (Phi) is 3.82. The highest BCUT2D eigenvalue weighted by molar-refractivity contribution is 4.83. The van der Waals surface area contributed by atoms with Crippen molar-refractivity contribution in [2.75, 3.05) is 6.61 Å². The van der Waals surface area contributed by atoms with Gasteiger partial charge in [-0.25, -0.2) is 0 Å². The standard InChI is InChI=1S/C12H23NO/c14-9-10-4-3-7-12(8-10)13-11-5-1-2-6-11/h10-14H,1-9H2. The van der Waals surface area contributed by atoms with Gasteiger partial charge in [-0.3, -0.25) is 0 Å². The molecule has 0 aliphatic heterocycles. The van der Waals surface area contributed by atoms with E-state index in [4.69, 9.17) is 5.11 Å². The fourth-order valence-electron chi connectivity index (χ4n) is 3.03. The minimum Gasteiger partial charge on any atom is -0.396 e. The van der Waals surface area contributed by atoms with Crippen molar-refractivity contribution in [3.05, 3.63) is 0 Å². The molecule has 2 unspecified atom stereocenters. The van der Waals surface area contributed by atoms with E-state index in [1.54, 1.807) is 0 Å². The molecule has 2 saturated carbocycles. The largest absolute Gasteiger partial charge is 0.396 e. The highest BCUT2D eigenvalue weighted by Crippen LogP contribution is 2.26. The molecule has 0 heterocycles. The molecule has 0 saturated heterocycles. The Balaban J connectivity index is 1.73. The first-order valence-corrected chi connectivity index (χ1v) is 6.25. The van der Waals surface area contributed by atoms with E-state index in [2.05, 4.69) is 5.32 Å². The van der Waals surface area contributed by atoms with Crippen LogP contribution in [0.1, 0.15) is 51.4 Å². The second-order valence-electron chi connectivity index (χ2n) is 5.06. The first-order chi connectivity index (χ1) is 6.88. The first-order valence-electron chi connectivity index (χ1n) is 6.25. The van der Waals surface area contributed by atoms with Crippen LogP contribution in [0.5, 0.6) is 0 Å². The lowest BCUT2D eigenvalue weighted by molar-refractivity contribution is 0.166. The molecule has 0 amide bonds. The maximum absolute atomic E-state index is 9.14. The summed E-state index contributed by atoms with van der Waals surface area (Å²) in [7, 11) is 0. The van der Waals surface area contributed by atoms with Gasteiger partial charge in [0.1, 0.15) is 0 Å². The summed E-state index contributed by atoms with van der Waals surface area (Å²) >= 11 is 0. The Hall–Kier alpha value is -0.0800. The highest BCUT2D eigenvalue weighted by Gasteiger charge is 2.24. The number of hydrogen-bond donors (Lipinski definition) is 2. The van der Waals surface area contributed by atoms with Gasteiger partial charge in [0.15, 0.2) is 0 Å². The van der Waals surface area contributed by atoms with Crippen LogP contribution in [0, 0.1) is 5.92 Å². The summed E-state index contributed by atoms with van der Waals surface area (Å²) in [5, 5.41) is 12.9. The van der Waals surface area contributed by atoms with E-state index in [1.807, 2.05) is 0 Å². The smallest absolute Gasteiger partial charge is 0.0459 e. The van der Waals surface area contributed by atoms with Crippen molar-refractivity contribution in [1.29, 1.82) is 0 Å². The molecular weight excluding hydrogens is 174 g/mol. The average molecular weight is 197 g/mol. The molecule has 2 aliphatic carbocycles. The van der Waals surface area contributed by atoms with E-state index in [9.17, 15) is 0 Å². The SMILES string of the molecule is OCC1CCCC(NC2CCCC2)C1. The predicted octanol–water partition coefficient (Wildman–Crippen LogP) is 2.07. The first kappa shape index (κ1) is 10.4. The quantitative estimate of drug-likeness (QED) is 0.726. The lowest BCUT2D eigenvalue weighted by Crippen LogP contribution is -2.40. The Morgan fingerprint density at radius 1 is 0.929 bits per heavy atom. The third-order valence-electron chi connectivity index (χ3n) is 3.87. The molecule has 0 aromatic rings. The van der Waals surface area contributed by atoms with Gasteiger partial charge < -0.3 is 10.4 Å². The molecule has 0 bridgehead atoms. The molecule has 0 radical (unpaired) electrons. The number of aliphatic hydroxyl groups excluding tert-OH is 1. The second-order valence-corrected chi connectivity index (χ2v) is 5.06. The third-order valence-corrected chi connectivity index (χ3v) is 3.87. The van der Waals surface area contributed by atoms with Gasteiger partial charge in [0.2, 0.25) is 0 Å². The fraction of sp³-hybridized carbons (Fsp3) is 1.00. The molecule has 0 aromatic heterocycles. The van der Waals surface area contributed by atoms with Crippen molar-refractivity contribution in [1.82, 2.24) is 5.32 Å². The molecule has 2 nitrogen and oxygen atoms in total. The highest BCUT2D eigenvalue weighted by atomic mass is 16.3. The summed E-state index contributed by atoms with van der Waals surface area (Å²) in [6, 6.07) is 1.49. The molecule has 2 aliphatic rings. The van der Waals surface area contributed by atoms with Crippen LogP contribution in [0.3, 0.4) is 0 Å². The van der Waals surface area contributed by atoms with Gasteiger partial charge in [-0.05, 0) is 38.0 Å². The molecule has 0 aromatic carbocycles. The minimum atomic E-state index is 0.392. The predicted molar refractivity (Wildman–Crippen MR) is 58.2 cm³/mol. The van der Waals surface area contributed by atoms with Crippen LogP contribution in [-0.4, -0.2) is 23.8 Å². The molecule has 0 spiro atoms. The zero-order valence-electron chi connectivity index (χ0n) is 9.04. The van der Waals surface area contributed by atoms with Crippen LogP contribution in [-0.2, 0) is 0 Å². The van der Waals surface area contributed by atoms with E-state index in [0.29, 0.717) is 18.6 Å². The van der Waals surface area contributed by atoms with Gasteiger partial charge in [0, 0.05) is 18.7 Å². The Morgan fingerprint density at radius 2 is 1.64 bits per heavy atom. The monoisotopic (exact) mass is 197 g/mol. The summed E-state index contributed by atoms with van der Waals surface area (Å²) in [4.78, 5) is 0. The Bertz CT molecular complexity index is 166. The topological polar surface area (TPSA) is 32.3 Å². The summed E-state index contributed by atoms with van der Waals surface area (Å²) in [6.45, 7) is 0.392. The van der Waals surface area contributed by atoms with Gasteiger partial charge >= 0.3 is 0 Å². The van der Waals surface area contributed by atoms with E-state index < -0.39 is 0 Å². The molecule has 82 valence electrons. The van der Waals surface area contributed by atoms with Crippen molar-refractivity contribution in [3.8, 4) is 0 Å².